The Morgan fingerprint density at radius 2 is 2.08 bits per heavy atom. The van der Waals surface area contributed by atoms with Crippen molar-refractivity contribution in [3.05, 3.63) is 40.9 Å². The van der Waals surface area contributed by atoms with Crippen LogP contribution in [-0.4, -0.2) is 54.1 Å². The van der Waals surface area contributed by atoms with E-state index >= 15 is 0 Å². The molecule has 1 aliphatic rings. The zero-order chi connectivity index (χ0) is 18.5. The van der Waals surface area contributed by atoms with Crippen molar-refractivity contribution in [1.82, 2.24) is 4.90 Å². The van der Waals surface area contributed by atoms with Crippen LogP contribution in [0.3, 0.4) is 0 Å². The number of nitrogens with zero attached hydrogens (tertiary/aromatic N) is 1. The van der Waals surface area contributed by atoms with E-state index < -0.39 is 6.04 Å². The van der Waals surface area contributed by atoms with Gasteiger partial charge in [-0.15, -0.1) is 0 Å². The number of halogens is 1. The van der Waals surface area contributed by atoms with Gasteiger partial charge in [-0.1, -0.05) is 30.3 Å². The molecule has 0 radical (unpaired) electrons. The minimum absolute atomic E-state index is 0.114. The number of hydrogen-bond donors (Lipinski definition) is 0. The zero-order valence-electron chi connectivity index (χ0n) is 14.4. The van der Waals surface area contributed by atoms with E-state index in [-0.39, 0.29) is 18.5 Å². The summed E-state index contributed by atoms with van der Waals surface area (Å²) < 4.78 is 11.7. The van der Waals surface area contributed by atoms with Gasteiger partial charge in [0.05, 0.1) is 11.1 Å². The van der Waals surface area contributed by atoms with Crippen LogP contribution < -0.4 is 4.74 Å². The molecule has 0 saturated carbocycles. The largest absolute Gasteiger partial charge is 0.483 e. The molecule has 1 atom stereocenters. The van der Waals surface area contributed by atoms with Gasteiger partial charge in [-0.2, -0.15) is 11.8 Å². The van der Waals surface area contributed by atoms with E-state index in [1.165, 1.54) is 0 Å². The Bertz CT molecular complexity index is 813. The third kappa shape index (κ3) is 4.15. The van der Waals surface area contributed by atoms with Gasteiger partial charge in [0.1, 0.15) is 11.8 Å². The van der Waals surface area contributed by atoms with Crippen LogP contribution in [0.25, 0.3) is 10.8 Å². The summed E-state index contributed by atoms with van der Waals surface area (Å²) in [5.41, 5.74) is 0. The lowest BCUT2D eigenvalue weighted by Gasteiger charge is -2.33. The second kappa shape index (κ2) is 8.77. The fourth-order valence-electron chi connectivity index (χ4n) is 2.88. The van der Waals surface area contributed by atoms with Crippen molar-refractivity contribution >= 4 is 50.3 Å². The smallest absolute Gasteiger partial charge is 0.329 e. The van der Waals surface area contributed by atoms with Crippen molar-refractivity contribution in [2.75, 3.05) is 31.3 Å². The van der Waals surface area contributed by atoms with Gasteiger partial charge in [0, 0.05) is 18.1 Å². The first-order valence-electron chi connectivity index (χ1n) is 8.45. The van der Waals surface area contributed by atoms with E-state index in [1.807, 2.05) is 36.4 Å². The molecule has 1 heterocycles. The molecule has 0 spiro atoms. The van der Waals surface area contributed by atoms with E-state index in [0.29, 0.717) is 24.7 Å². The topological polar surface area (TPSA) is 55.8 Å². The number of rotatable bonds is 5. The number of carbonyl (C=O) groups excluding carboxylic acids is 2. The molecule has 5 nitrogen and oxygen atoms in total. The molecule has 1 saturated heterocycles. The van der Waals surface area contributed by atoms with Gasteiger partial charge in [-0.05, 0) is 39.7 Å². The third-order valence-electron chi connectivity index (χ3n) is 4.19. The van der Waals surface area contributed by atoms with Crippen LogP contribution in [0, 0.1) is 0 Å². The van der Waals surface area contributed by atoms with Crippen molar-refractivity contribution in [2.24, 2.45) is 0 Å². The fraction of sp³-hybridized carbons (Fsp3) is 0.368. The molecule has 0 N–H and O–H groups in total. The van der Waals surface area contributed by atoms with Crippen molar-refractivity contribution in [3.8, 4) is 5.75 Å². The lowest BCUT2D eigenvalue weighted by atomic mass is 10.1. The van der Waals surface area contributed by atoms with E-state index in [2.05, 4.69) is 15.9 Å². The number of carbonyl (C=O) groups is 2. The Morgan fingerprint density at radius 1 is 1.27 bits per heavy atom. The molecular weight excluding hydrogens is 418 g/mol. The van der Waals surface area contributed by atoms with Crippen LogP contribution in [0.15, 0.2) is 40.9 Å². The van der Waals surface area contributed by atoms with Gasteiger partial charge in [0.15, 0.2) is 6.61 Å². The molecule has 3 rings (SSSR count). The summed E-state index contributed by atoms with van der Waals surface area (Å²) in [5.74, 6) is 1.42. The second-order valence-corrected chi connectivity index (χ2v) is 7.76. The molecule has 0 aliphatic carbocycles. The average molecular weight is 438 g/mol. The predicted octanol–water partition coefficient (Wildman–Crippen LogP) is 3.49. The van der Waals surface area contributed by atoms with Gasteiger partial charge in [0.25, 0.3) is 5.91 Å². The minimum Gasteiger partial charge on any atom is -0.483 e. The van der Waals surface area contributed by atoms with Crippen LogP contribution in [0.1, 0.15) is 6.92 Å². The average Bonchev–Trinajstić information content (AvgIpc) is 2.67. The first-order chi connectivity index (χ1) is 12.6. The Labute approximate surface area is 165 Å². The lowest BCUT2D eigenvalue weighted by molar-refractivity contribution is -0.154. The highest BCUT2D eigenvalue weighted by molar-refractivity contribution is 9.10. The van der Waals surface area contributed by atoms with E-state index in [9.17, 15) is 9.59 Å². The zero-order valence-corrected chi connectivity index (χ0v) is 16.8. The standard InChI is InChI=1S/C19H20BrNO4S/c1-2-24-19(23)15-12-26-10-9-21(15)17(22)11-25-16-8-7-13-5-3-4-6-14(13)18(16)20/h3-8,15H,2,9-12H2,1H3/t15-/m0/s1. The van der Waals surface area contributed by atoms with Gasteiger partial charge in [-0.25, -0.2) is 4.79 Å². The van der Waals surface area contributed by atoms with E-state index in [1.54, 1.807) is 23.6 Å². The molecule has 1 amide bonds. The Balaban J connectivity index is 1.69. The number of fused-ring (bicyclic) bond motifs is 1. The maximum Gasteiger partial charge on any atom is 0.329 e. The van der Waals surface area contributed by atoms with Crippen LogP contribution in [0.4, 0.5) is 0 Å². The van der Waals surface area contributed by atoms with E-state index in [0.717, 1.165) is 21.0 Å². The first kappa shape index (κ1) is 19.0. The monoisotopic (exact) mass is 437 g/mol. The fourth-order valence-corrected chi connectivity index (χ4v) is 4.52. The molecule has 138 valence electrons. The van der Waals surface area contributed by atoms with Crippen molar-refractivity contribution < 1.29 is 19.1 Å². The molecule has 2 aromatic rings. The van der Waals surface area contributed by atoms with Crippen molar-refractivity contribution in [3.63, 3.8) is 0 Å². The SMILES string of the molecule is CCOC(=O)[C@@H]1CSCCN1C(=O)COc1ccc2ccccc2c1Br. The number of esters is 1. The summed E-state index contributed by atoms with van der Waals surface area (Å²) in [5, 5.41) is 2.12. The number of amides is 1. The van der Waals surface area contributed by atoms with Gasteiger partial charge >= 0.3 is 5.97 Å². The molecule has 2 aromatic carbocycles. The van der Waals surface area contributed by atoms with Crippen LogP contribution in [0.2, 0.25) is 0 Å². The molecule has 0 bridgehead atoms. The van der Waals surface area contributed by atoms with Crippen molar-refractivity contribution in [1.29, 1.82) is 0 Å². The minimum atomic E-state index is -0.537. The summed E-state index contributed by atoms with van der Waals surface area (Å²) in [4.78, 5) is 26.3. The Kier molecular flexibility index (Phi) is 6.43. The Morgan fingerprint density at radius 3 is 2.88 bits per heavy atom. The molecule has 1 fully saturated rings. The van der Waals surface area contributed by atoms with E-state index in [4.69, 9.17) is 9.47 Å². The predicted molar refractivity (Wildman–Crippen MR) is 107 cm³/mol. The summed E-state index contributed by atoms with van der Waals surface area (Å²) in [6.07, 6.45) is 0. The summed E-state index contributed by atoms with van der Waals surface area (Å²) in [6, 6.07) is 11.2. The molecule has 7 heteroatoms. The molecule has 0 aromatic heterocycles. The summed E-state index contributed by atoms with van der Waals surface area (Å²) in [7, 11) is 0. The third-order valence-corrected chi connectivity index (χ3v) is 6.03. The normalized spacial score (nSPS) is 17.2. The highest BCUT2D eigenvalue weighted by atomic mass is 79.9. The molecule has 26 heavy (non-hydrogen) atoms. The number of ether oxygens (including phenoxy) is 2. The highest BCUT2D eigenvalue weighted by Gasteiger charge is 2.33. The quantitative estimate of drug-likeness (QED) is 0.670. The highest BCUT2D eigenvalue weighted by Crippen LogP contribution is 2.33. The lowest BCUT2D eigenvalue weighted by Crippen LogP contribution is -2.52. The number of thioether (sulfide) groups is 1. The maximum atomic E-state index is 12.6. The van der Waals surface area contributed by atoms with Crippen LogP contribution >= 0.6 is 27.7 Å². The van der Waals surface area contributed by atoms with Gasteiger partial charge < -0.3 is 14.4 Å². The number of hydrogen-bond acceptors (Lipinski definition) is 5. The summed E-state index contributed by atoms with van der Waals surface area (Å²) in [6.45, 7) is 2.48. The van der Waals surface area contributed by atoms with Gasteiger partial charge in [-0.3, -0.25) is 4.79 Å². The maximum absolute atomic E-state index is 12.6. The number of benzene rings is 2. The van der Waals surface area contributed by atoms with Crippen molar-refractivity contribution in [2.45, 2.75) is 13.0 Å². The molecule has 0 unspecified atom stereocenters. The second-order valence-electron chi connectivity index (χ2n) is 5.82. The Hall–Kier alpha value is -1.73. The van der Waals surface area contributed by atoms with Crippen LogP contribution in [0.5, 0.6) is 5.75 Å². The summed E-state index contributed by atoms with van der Waals surface area (Å²) >= 11 is 5.21. The molecular formula is C19H20BrNO4S. The van der Waals surface area contributed by atoms with Crippen LogP contribution in [-0.2, 0) is 14.3 Å². The first-order valence-corrected chi connectivity index (χ1v) is 10.4. The molecule has 1 aliphatic heterocycles. The van der Waals surface area contributed by atoms with Gasteiger partial charge in [0.2, 0.25) is 0 Å².